The lowest BCUT2D eigenvalue weighted by molar-refractivity contribution is -0.131. The second-order valence-electron chi connectivity index (χ2n) is 5.49. The van der Waals surface area contributed by atoms with Crippen molar-refractivity contribution in [2.45, 2.75) is 40.0 Å². The minimum absolute atomic E-state index is 0.0144. The molecule has 0 saturated heterocycles. The highest BCUT2D eigenvalue weighted by Gasteiger charge is 2.26. The first-order chi connectivity index (χ1) is 11.4. The lowest BCUT2D eigenvalue weighted by Gasteiger charge is -2.12. The van der Waals surface area contributed by atoms with Crippen molar-refractivity contribution in [3.8, 4) is 12.1 Å². The summed E-state index contributed by atoms with van der Waals surface area (Å²) in [6.07, 6.45) is 0.947. The van der Waals surface area contributed by atoms with Crippen molar-refractivity contribution in [3.63, 3.8) is 0 Å². The molecule has 1 heterocycles. The molecule has 1 unspecified atom stereocenters. The number of hydrogen-bond acceptors (Lipinski definition) is 5. The highest BCUT2D eigenvalue weighted by atomic mass is 16.2. The van der Waals surface area contributed by atoms with Crippen LogP contribution in [0.25, 0.3) is 0 Å². The number of hydrogen-bond donors (Lipinski definition) is 2. The monoisotopic (exact) mass is 328 g/mol. The van der Waals surface area contributed by atoms with E-state index in [-0.39, 0.29) is 18.4 Å². The molecule has 0 bridgehead atoms. The first-order valence-electron chi connectivity index (χ1n) is 7.69. The second-order valence-corrected chi connectivity index (χ2v) is 5.49. The standard InChI is InChI=1S/C17H20N4O3/c1-4-7-20-16(23)14(9-19)15(22)6-5-12-10(2)13(8-18)17(24)21-11(12)3/h14H,4-7H2,1-3H3,(H,20,23)(H,21,24). The molecule has 1 atom stereocenters. The largest absolute Gasteiger partial charge is 0.355 e. The molecule has 2 N–H and O–H groups in total. The van der Waals surface area contributed by atoms with Crippen LogP contribution in [0.5, 0.6) is 0 Å². The van der Waals surface area contributed by atoms with Gasteiger partial charge in [-0.05, 0) is 37.8 Å². The van der Waals surface area contributed by atoms with Crippen LogP contribution in [0, 0.1) is 42.4 Å². The smallest absolute Gasteiger partial charge is 0.266 e. The Hall–Kier alpha value is -2.93. The van der Waals surface area contributed by atoms with Crippen LogP contribution in [-0.4, -0.2) is 23.2 Å². The summed E-state index contributed by atoms with van der Waals surface area (Å²) in [5.74, 6) is -2.40. The molecule has 1 rings (SSSR count). The molecule has 24 heavy (non-hydrogen) atoms. The van der Waals surface area contributed by atoms with Gasteiger partial charge in [0.2, 0.25) is 5.91 Å². The van der Waals surface area contributed by atoms with Gasteiger partial charge in [-0.15, -0.1) is 0 Å². The molecule has 0 saturated carbocycles. The Bertz CT molecular complexity index is 781. The van der Waals surface area contributed by atoms with Gasteiger partial charge in [-0.3, -0.25) is 14.4 Å². The van der Waals surface area contributed by atoms with Gasteiger partial charge in [-0.1, -0.05) is 6.92 Å². The van der Waals surface area contributed by atoms with Crippen molar-refractivity contribution in [1.82, 2.24) is 10.3 Å². The third kappa shape index (κ3) is 4.30. The Morgan fingerprint density at radius 3 is 2.50 bits per heavy atom. The molecule has 0 aliphatic carbocycles. The summed E-state index contributed by atoms with van der Waals surface area (Å²) in [5, 5.41) is 20.6. The van der Waals surface area contributed by atoms with Crippen molar-refractivity contribution >= 4 is 11.7 Å². The number of nitrogens with one attached hydrogen (secondary N) is 2. The zero-order valence-electron chi connectivity index (χ0n) is 14.0. The van der Waals surface area contributed by atoms with Crippen LogP contribution >= 0.6 is 0 Å². The molecular weight excluding hydrogens is 308 g/mol. The molecule has 0 fully saturated rings. The van der Waals surface area contributed by atoms with Gasteiger partial charge in [0.1, 0.15) is 11.6 Å². The topological polar surface area (TPSA) is 127 Å². The summed E-state index contributed by atoms with van der Waals surface area (Å²) in [6.45, 7) is 5.62. The number of ketones is 1. The number of nitriles is 2. The van der Waals surface area contributed by atoms with Crippen molar-refractivity contribution in [2.75, 3.05) is 6.54 Å². The fourth-order valence-corrected chi connectivity index (χ4v) is 2.44. The molecule has 0 aliphatic heterocycles. The number of rotatable bonds is 7. The van der Waals surface area contributed by atoms with E-state index in [2.05, 4.69) is 10.3 Å². The number of Topliss-reactive ketones (excluding diaryl/α,β-unsaturated/α-hetero) is 1. The molecule has 1 amide bonds. The van der Waals surface area contributed by atoms with Crippen LogP contribution in [0.3, 0.4) is 0 Å². The average molecular weight is 328 g/mol. The molecule has 0 aliphatic rings. The van der Waals surface area contributed by atoms with Crippen LogP contribution in [0.15, 0.2) is 4.79 Å². The normalized spacial score (nSPS) is 11.2. The summed E-state index contributed by atoms with van der Waals surface area (Å²) >= 11 is 0. The molecule has 126 valence electrons. The molecule has 1 aromatic heterocycles. The third-order valence-electron chi connectivity index (χ3n) is 3.80. The van der Waals surface area contributed by atoms with E-state index in [0.717, 1.165) is 0 Å². The SMILES string of the molecule is CCCNC(=O)C(C#N)C(=O)CCc1c(C)[nH]c(=O)c(C#N)c1C. The minimum Gasteiger partial charge on any atom is -0.355 e. The van der Waals surface area contributed by atoms with Gasteiger partial charge in [-0.25, -0.2) is 0 Å². The number of nitrogens with zero attached hydrogens (tertiary/aromatic N) is 2. The van der Waals surface area contributed by atoms with Gasteiger partial charge >= 0.3 is 0 Å². The van der Waals surface area contributed by atoms with E-state index in [4.69, 9.17) is 10.5 Å². The summed E-state index contributed by atoms with van der Waals surface area (Å²) in [4.78, 5) is 38.3. The number of carbonyl (C=O) groups excluding carboxylic acids is 2. The van der Waals surface area contributed by atoms with Crippen LogP contribution in [0.1, 0.15) is 42.1 Å². The number of aryl methyl sites for hydroxylation is 1. The first kappa shape index (κ1) is 19.1. The van der Waals surface area contributed by atoms with Gasteiger partial charge in [0.25, 0.3) is 5.56 Å². The maximum Gasteiger partial charge on any atom is 0.266 e. The minimum atomic E-state index is -1.34. The summed E-state index contributed by atoms with van der Waals surface area (Å²) in [7, 11) is 0. The Morgan fingerprint density at radius 2 is 1.96 bits per heavy atom. The number of aromatic nitrogens is 1. The molecular formula is C17H20N4O3. The molecule has 1 aromatic rings. The Balaban J connectivity index is 2.92. The lowest BCUT2D eigenvalue weighted by atomic mass is 9.94. The molecule has 0 spiro atoms. The van der Waals surface area contributed by atoms with Crippen molar-refractivity contribution < 1.29 is 9.59 Å². The number of carbonyl (C=O) groups is 2. The van der Waals surface area contributed by atoms with E-state index in [1.807, 2.05) is 13.0 Å². The zero-order valence-corrected chi connectivity index (χ0v) is 14.0. The van der Waals surface area contributed by atoms with Crippen LogP contribution in [-0.2, 0) is 16.0 Å². The van der Waals surface area contributed by atoms with E-state index in [9.17, 15) is 14.4 Å². The second kappa shape index (κ2) is 8.64. The quantitative estimate of drug-likeness (QED) is 0.723. The Labute approximate surface area is 140 Å². The average Bonchev–Trinajstić information content (AvgIpc) is 2.53. The highest BCUT2D eigenvalue weighted by Crippen LogP contribution is 2.16. The van der Waals surface area contributed by atoms with Gasteiger partial charge in [0.15, 0.2) is 11.7 Å². The van der Waals surface area contributed by atoms with Crippen LogP contribution in [0.4, 0.5) is 0 Å². The molecule has 7 nitrogen and oxygen atoms in total. The number of amides is 1. The van der Waals surface area contributed by atoms with E-state index >= 15 is 0 Å². The van der Waals surface area contributed by atoms with Crippen molar-refractivity contribution in [1.29, 1.82) is 10.5 Å². The van der Waals surface area contributed by atoms with Crippen molar-refractivity contribution in [3.05, 3.63) is 32.7 Å². The van der Waals surface area contributed by atoms with Crippen LogP contribution < -0.4 is 10.9 Å². The van der Waals surface area contributed by atoms with Gasteiger partial charge in [0, 0.05) is 18.7 Å². The molecule has 0 aromatic carbocycles. The van der Waals surface area contributed by atoms with Crippen LogP contribution in [0.2, 0.25) is 0 Å². The fourth-order valence-electron chi connectivity index (χ4n) is 2.44. The summed E-state index contributed by atoms with van der Waals surface area (Å²) in [6, 6.07) is 3.58. The lowest BCUT2D eigenvalue weighted by Crippen LogP contribution is -2.35. The zero-order chi connectivity index (χ0) is 18.3. The summed E-state index contributed by atoms with van der Waals surface area (Å²) < 4.78 is 0. The van der Waals surface area contributed by atoms with E-state index < -0.39 is 23.2 Å². The van der Waals surface area contributed by atoms with E-state index in [1.165, 1.54) is 0 Å². The fraction of sp³-hybridized carbons (Fsp3) is 0.471. The van der Waals surface area contributed by atoms with Gasteiger partial charge in [0.05, 0.1) is 6.07 Å². The maximum atomic E-state index is 12.2. The first-order valence-corrected chi connectivity index (χ1v) is 7.69. The Morgan fingerprint density at radius 1 is 1.29 bits per heavy atom. The van der Waals surface area contributed by atoms with Gasteiger partial charge in [-0.2, -0.15) is 10.5 Å². The highest BCUT2D eigenvalue weighted by molar-refractivity contribution is 6.03. The van der Waals surface area contributed by atoms with E-state index in [0.29, 0.717) is 29.8 Å². The molecule has 7 heteroatoms. The number of aromatic amines is 1. The summed E-state index contributed by atoms with van der Waals surface area (Å²) in [5.41, 5.74) is 1.34. The number of H-pyrrole nitrogens is 1. The predicted octanol–water partition coefficient (Wildman–Crippen LogP) is 1.03. The van der Waals surface area contributed by atoms with Crippen molar-refractivity contribution in [2.24, 2.45) is 5.92 Å². The predicted molar refractivity (Wildman–Crippen MR) is 87.0 cm³/mol. The maximum absolute atomic E-state index is 12.2. The van der Waals surface area contributed by atoms with Gasteiger partial charge < -0.3 is 10.3 Å². The number of pyridine rings is 1. The third-order valence-corrected chi connectivity index (χ3v) is 3.80. The van der Waals surface area contributed by atoms with E-state index in [1.54, 1.807) is 19.9 Å². The molecule has 0 radical (unpaired) electrons. The Kier molecular flexibility index (Phi) is 6.88.